The number of nitrogens with one attached hydrogen (secondary N) is 1. The molecule has 10 atom stereocenters. The Morgan fingerprint density at radius 2 is 1.59 bits per heavy atom. The molecule has 0 aliphatic heterocycles. The summed E-state index contributed by atoms with van der Waals surface area (Å²) in [6.07, 6.45) is 15.9. The monoisotopic (exact) mass is 565 g/mol. The fourth-order valence-electron chi connectivity index (χ4n) is 11.6. The molecule has 1 aromatic carbocycles. The molecule has 0 heterocycles. The lowest BCUT2D eigenvalue weighted by Crippen LogP contribution is -2.62. The first kappa shape index (κ1) is 32.1. The largest absolute Gasteiger partial charge is 0.508 e. The summed E-state index contributed by atoms with van der Waals surface area (Å²) in [5.74, 6) is 3.94. The summed E-state index contributed by atoms with van der Waals surface area (Å²) in [5, 5.41) is 23.7. The van der Waals surface area contributed by atoms with Crippen molar-refractivity contribution in [1.82, 2.24) is 5.32 Å². The molecule has 0 bridgehead atoms. The summed E-state index contributed by atoms with van der Waals surface area (Å²) in [7, 11) is 0. The maximum atomic E-state index is 12.5. The van der Waals surface area contributed by atoms with Crippen molar-refractivity contribution in [1.29, 1.82) is 0 Å². The highest BCUT2D eigenvalue weighted by molar-refractivity contribution is 5.75. The number of aromatic hydroxyl groups is 1. The van der Waals surface area contributed by atoms with Gasteiger partial charge < -0.3 is 15.5 Å². The highest BCUT2D eigenvalue weighted by Gasteiger charge is 2.65. The number of carbonyl (C=O) groups is 1. The number of aliphatic carboxylic acids is 1. The van der Waals surface area contributed by atoms with Gasteiger partial charge in [0.05, 0.1) is 5.41 Å². The van der Waals surface area contributed by atoms with Crippen LogP contribution in [0.15, 0.2) is 36.9 Å². The summed E-state index contributed by atoms with van der Waals surface area (Å²) in [5.41, 5.74) is 1.69. The van der Waals surface area contributed by atoms with E-state index in [-0.39, 0.29) is 7.43 Å². The summed E-state index contributed by atoms with van der Waals surface area (Å²) >= 11 is 0. The van der Waals surface area contributed by atoms with Gasteiger partial charge in [0, 0.05) is 6.04 Å². The summed E-state index contributed by atoms with van der Waals surface area (Å²) < 4.78 is 0. The van der Waals surface area contributed by atoms with E-state index < -0.39 is 11.4 Å². The van der Waals surface area contributed by atoms with Crippen LogP contribution in [0.4, 0.5) is 0 Å². The second-order valence-electron chi connectivity index (χ2n) is 14.8. The van der Waals surface area contributed by atoms with Crippen LogP contribution in [0.5, 0.6) is 5.75 Å². The number of carboxylic acid groups (broad SMARTS) is 1. The van der Waals surface area contributed by atoms with Gasteiger partial charge >= 0.3 is 5.97 Å². The van der Waals surface area contributed by atoms with Gasteiger partial charge in [-0.25, -0.2) is 0 Å². The normalized spacial score (nSPS) is 42.6. The van der Waals surface area contributed by atoms with E-state index in [1.165, 1.54) is 44.1 Å². The van der Waals surface area contributed by atoms with Crippen LogP contribution in [0.25, 0.3) is 0 Å². The third-order valence-corrected chi connectivity index (χ3v) is 13.3. The second kappa shape index (κ2) is 12.4. The number of phenols is 1. The van der Waals surface area contributed by atoms with Crippen molar-refractivity contribution in [3.63, 3.8) is 0 Å². The van der Waals surface area contributed by atoms with E-state index in [4.69, 9.17) is 0 Å². The molecule has 1 aromatic rings. The van der Waals surface area contributed by atoms with Crippen molar-refractivity contribution in [3.8, 4) is 5.75 Å². The Bertz CT molecular complexity index is 1050. The first-order valence-corrected chi connectivity index (χ1v) is 16.4. The van der Waals surface area contributed by atoms with Crippen LogP contribution in [-0.2, 0) is 11.2 Å². The minimum atomic E-state index is -0.485. The van der Waals surface area contributed by atoms with E-state index >= 15 is 0 Å². The highest BCUT2D eigenvalue weighted by Crippen LogP contribution is 2.71. The van der Waals surface area contributed by atoms with Gasteiger partial charge in [-0.05, 0) is 148 Å². The molecule has 0 amide bonds. The topological polar surface area (TPSA) is 69.6 Å². The van der Waals surface area contributed by atoms with Crippen LogP contribution in [0.2, 0.25) is 0 Å². The molecule has 5 aliphatic carbocycles. The fraction of sp³-hybridized carbons (Fsp3) is 0.757. The molecular formula is C37H59NO3. The number of fused-ring (bicyclic) bond motifs is 7. The minimum Gasteiger partial charge on any atom is -0.508 e. The Morgan fingerprint density at radius 1 is 0.951 bits per heavy atom. The maximum absolute atomic E-state index is 12.5. The van der Waals surface area contributed by atoms with Gasteiger partial charge in [0.1, 0.15) is 5.75 Å². The molecule has 0 radical (unpaired) electrons. The van der Waals surface area contributed by atoms with Gasteiger partial charge in [0.2, 0.25) is 0 Å². The molecule has 4 nitrogen and oxygen atoms in total. The van der Waals surface area contributed by atoms with Gasteiger partial charge in [-0.1, -0.05) is 52.8 Å². The lowest BCUT2D eigenvalue weighted by Gasteiger charge is -2.67. The molecule has 6 rings (SSSR count). The fourth-order valence-corrected chi connectivity index (χ4v) is 11.6. The smallest absolute Gasteiger partial charge is 0.309 e. The molecule has 10 unspecified atom stereocenters. The predicted molar refractivity (Wildman–Crippen MR) is 170 cm³/mol. The molecule has 5 saturated carbocycles. The first-order chi connectivity index (χ1) is 19.1. The third kappa shape index (κ3) is 5.41. The maximum Gasteiger partial charge on any atom is 0.309 e. The number of carboxylic acids is 1. The van der Waals surface area contributed by atoms with E-state index in [0.29, 0.717) is 40.4 Å². The van der Waals surface area contributed by atoms with Crippen LogP contribution < -0.4 is 5.32 Å². The van der Waals surface area contributed by atoms with E-state index in [2.05, 4.69) is 32.7 Å². The molecule has 5 aliphatic rings. The van der Waals surface area contributed by atoms with Gasteiger partial charge in [-0.3, -0.25) is 4.79 Å². The van der Waals surface area contributed by atoms with Crippen LogP contribution in [-0.4, -0.2) is 28.8 Å². The Morgan fingerprint density at radius 3 is 2.27 bits per heavy atom. The molecule has 0 aromatic heterocycles. The summed E-state index contributed by atoms with van der Waals surface area (Å²) in [4.78, 5) is 12.5. The van der Waals surface area contributed by atoms with E-state index in [1.54, 1.807) is 18.2 Å². The summed E-state index contributed by atoms with van der Waals surface area (Å²) in [6, 6.07) is 8.25. The highest BCUT2D eigenvalue weighted by atomic mass is 16.4. The van der Waals surface area contributed by atoms with Crippen molar-refractivity contribution in [2.75, 3.05) is 6.54 Å². The lowest BCUT2D eigenvalue weighted by atomic mass is 9.37. The van der Waals surface area contributed by atoms with Gasteiger partial charge in [-0.2, -0.15) is 0 Å². The van der Waals surface area contributed by atoms with Gasteiger partial charge in [-0.15, -0.1) is 6.58 Å². The van der Waals surface area contributed by atoms with E-state index in [9.17, 15) is 15.0 Å². The standard InChI is InChI=1S/C33H49NO3.C3H6.CH4/c1-21-25-12-17-32(3)26-13-19-33(30(36)37)16-4-5-27(33)24(26)10-11-29(32)31(25,2)18-14-28(21)34-20-15-22-6-8-23(35)9-7-22;1-3-2;/h6-9,21,24-29,34-35H,4-5,10-20H2,1-3H3,(H,36,37);3H,1H2,2H3;1H4. The van der Waals surface area contributed by atoms with Crippen molar-refractivity contribution >= 4 is 5.97 Å². The molecule has 3 N–H and O–H groups in total. The Labute approximate surface area is 250 Å². The third-order valence-electron chi connectivity index (χ3n) is 13.3. The number of hydrogen-bond donors (Lipinski definition) is 3. The van der Waals surface area contributed by atoms with Crippen molar-refractivity contribution in [3.05, 3.63) is 42.5 Å². The number of allylic oxidation sites excluding steroid dienone is 1. The second-order valence-corrected chi connectivity index (χ2v) is 14.8. The van der Waals surface area contributed by atoms with Crippen molar-refractivity contribution < 1.29 is 15.0 Å². The van der Waals surface area contributed by atoms with Crippen LogP contribution >= 0.6 is 0 Å². The molecule has 0 saturated heterocycles. The van der Waals surface area contributed by atoms with E-state index in [1.807, 2.05) is 19.1 Å². The number of rotatable bonds is 5. The zero-order valence-corrected chi connectivity index (χ0v) is 25.6. The number of phenolic OH excluding ortho intramolecular Hbond substituents is 1. The molecule has 41 heavy (non-hydrogen) atoms. The average Bonchev–Trinajstić information content (AvgIpc) is 3.38. The molecule has 5 fully saturated rings. The number of hydrogen-bond acceptors (Lipinski definition) is 3. The zero-order chi connectivity index (χ0) is 28.7. The molecule has 4 heteroatoms. The molecule has 230 valence electrons. The lowest BCUT2D eigenvalue weighted by molar-refractivity contribution is -0.192. The SMILES string of the molecule is C.C=CC.CC1C(NCCc2ccc(O)cc2)CCC2(C)C1CCC1(C)C3CCC4(C(=O)O)CCCC4C3CCC21. The zero-order valence-electron chi connectivity index (χ0n) is 25.6. The minimum absolute atomic E-state index is 0. The van der Waals surface area contributed by atoms with E-state index in [0.717, 1.165) is 62.8 Å². The molecular weight excluding hydrogens is 506 g/mol. The Balaban J connectivity index is 0.000000929. The predicted octanol–water partition coefficient (Wildman–Crippen LogP) is 8.88. The first-order valence-electron chi connectivity index (χ1n) is 16.4. The van der Waals surface area contributed by atoms with Crippen molar-refractivity contribution in [2.24, 2.45) is 51.8 Å². The van der Waals surface area contributed by atoms with Gasteiger partial charge in [0.25, 0.3) is 0 Å². The molecule has 0 spiro atoms. The Hall–Kier alpha value is -1.81. The Kier molecular flexibility index (Phi) is 9.73. The van der Waals surface area contributed by atoms with Crippen molar-refractivity contribution in [2.45, 2.75) is 118 Å². The van der Waals surface area contributed by atoms with Crippen LogP contribution in [0, 0.1) is 51.8 Å². The number of benzene rings is 1. The average molecular weight is 566 g/mol. The van der Waals surface area contributed by atoms with Crippen LogP contribution in [0.3, 0.4) is 0 Å². The van der Waals surface area contributed by atoms with Gasteiger partial charge in [0.15, 0.2) is 0 Å². The van der Waals surface area contributed by atoms with Crippen LogP contribution in [0.1, 0.15) is 111 Å². The summed E-state index contributed by atoms with van der Waals surface area (Å²) in [6.45, 7) is 14.1. The quantitative estimate of drug-likeness (QED) is 0.312.